The maximum absolute atomic E-state index is 11.8. The van der Waals surface area contributed by atoms with Gasteiger partial charge in [-0.3, -0.25) is 9.58 Å². The van der Waals surface area contributed by atoms with Gasteiger partial charge in [-0.2, -0.15) is 10.4 Å². The van der Waals surface area contributed by atoms with Crippen LogP contribution in [0.15, 0.2) is 6.20 Å². The van der Waals surface area contributed by atoms with E-state index in [1.54, 1.807) is 18.7 Å². The number of carbonyl (C=O) groups is 1. The molecule has 1 rings (SSSR count). The van der Waals surface area contributed by atoms with Gasteiger partial charge in [-0.1, -0.05) is 0 Å². The summed E-state index contributed by atoms with van der Waals surface area (Å²) in [5.41, 5.74) is 1.28. The van der Waals surface area contributed by atoms with Gasteiger partial charge >= 0.3 is 5.97 Å². The van der Waals surface area contributed by atoms with Crippen LogP contribution < -0.4 is 0 Å². The van der Waals surface area contributed by atoms with Crippen molar-refractivity contribution in [2.24, 2.45) is 7.05 Å². The van der Waals surface area contributed by atoms with E-state index in [1.165, 1.54) is 6.20 Å². The second kappa shape index (κ2) is 6.90. The van der Waals surface area contributed by atoms with Gasteiger partial charge in [0.15, 0.2) is 0 Å². The van der Waals surface area contributed by atoms with Crippen LogP contribution in [0.3, 0.4) is 0 Å². The van der Waals surface area contributed by atoms with Gasteiger partial charge in [0.25, 0.3) is 0 Å². The lowest BCUT2D eigenvalue weighted by molar-refractivity contribution is 0.0523. The molecule has 6 nitrogen and oxygen atoms in total. The monoisotopic (exact) mass is 264 g/mol. The predicted molar refractivity (Wildman–Crippen MR) is 70.3 cm³/mol. The summed E-state index contributed by atoms with van der Waals surface area (Å²) in [5, 5.41) is 12.8. The Bertz CT molecular complexity index is 475. The van der Waals surface area contributed by atoms with Crippen LogP contribution in [0.4, 0.5) is 0 Å². The number of aryl methyl sites for hydroxylation is 1. The lowest BCUT2D eigenvalue weighted by atomic mass is 10.2. The molecule has 1 aromatic heterocycles. The predicted octanol–water partition coefficient (Wildman–Crippen LogP) is 1.33. The van der Waals surface area contributed by atoms with Crippen molar-refractivity contribution >= 4 is 5.97 Å². The molecule has 0 aromatic carbocycles. The molecule has 1 atom stereocenters. The van der Waals surface area contributed by atoms with Gasteiger partial charge in [-0.25, -0.2) is 4.79 Å². The number of aromatic nitrogens is 2. The Hall–Kier alpha value is -1.87. The van der Waals surface area contributed by atoms with Crippen LogP contribution >= 0.6 is 0 Å². The molecule has 19 heavy (non-hydrogen) atoms. The van der Waals surface area contributed by atoms with Crippen LogP contribution in [0, 0.1) is 11.3 Å². The molecule has 104 valence electrons. The van der Waals surface area contributed by atoms with Crippen molar-refractivity contribution in [1.29, 1.82) is 5.26 Å². The van der Waals surface area contributed by atoms with Crippen LogP contribution in [0.25, 0.3) is 0 Å². The number of hydrogen-bond donors (Lipinski definition) is 0. The van der Waals surface area contributed by atoms with Gasteiger partial charge in [0, 0.05) is 19.6 Å². The van der Waals surface area contributed by atoms with E-state index in [0.717, 1.165) is 5.69 Å². The number of nitrogens with zero attached hydrogens (tertiary/aromatic N) is 4. The molecule has 0 aliphatic carbocycles. The van der Waals surface area contributed by atoms with E-state index in [2.05, 4.69) is 11.2 Å². The largest absolute Gasteiger partial charge is 0.462 e. The molecule has 0 saturated carbocycles. The van der Waals surface area contributed by atoms with Crippen LogP contribution in [-0.4, -0.2) is 40.3 Å². The molecule has 1 heterocycles. The third-order valence-corrected chi connectivity index (χ3v) is 3.10. The van der Waals surface area contributed by atoms with Crippen molar-refractivity contribution in [2.45, 2.75) is 32.9 Å². The summed E-state index contributed by atoms with van der Waals surface area (Å²) >= 11 is 0. The Kier molecular flexibility index (Phi) is 5.52. The third-order valence-electron chi connectivity index (χ3n) is 3.10. The lowest BCUT2D eigenvalue weighted by Crippen LogP contribution is -2.29. The molecule has 0 saturated heterocycles. The SMILES string of the molecule is CCOC(=O)c1cnn(C)c1CN(C)C(C)CC#N. The zero-order chi connectivity index (χ0) is 14.4. The topological polar surface area (TPSA) is 71.2 Å². The van der Waals surface area contributed by atoms with Crippen LogP contribution in [0.1, 0.15) is 36.3 Å². The summed E-state index contributed by atoms with van der Waals surface area (Å²) in [7, 11) is 3.71. The summed E-state index contributed by atoms with van der Waals surface area (Å²) in [5.74, 6) is -0.355. The van der Waals surface area contributed by atoms with Gasteiger partial charge in [0.1, 0.15) is 5.56 Å². The number of nitriles is 1. The summed E-state index contributed by atoms with van der Waals surface area (Å²) in [6.07, 6.45) is 1.97. The average Bonchev–Trinajstić information content (AvgIpc) is 2.72. The number of carbonyl (C=O) groups excluding carboxylic acids is 1. The number of rotatable bonds is 6. The van der Waals surface area contributed by atoms with Crippen LogP contribution in [0.2, 0.25) is 0 Å². The van der Waals surface area contributed by atoms with Crippen LogP contribution in [0.5, 0.6) is 0 Å². The molecular weight excluding hydrogens is 244 g/mol. The molecule has 1 aromatic rings. The number of esters is 1. The minimum Gasteiger partial charge on any atom is -0.462 e. The van der Waals surface area contributed by atoms with Crippen molar-refractivity contribution in [3.8, 4) is 6.07 Å². The Morgan fingerprint density at radius 1 is 1.68 bits per heavy atom. The van der Waals surface area contributed by atoms with E-state index in [1.807, 2.05) is 18.9 Å². The highest BCUT2D eigenvalue weighted by Gasteiger charge is 2.20. The van der Waals surface area contributed by atoms with Crippen molar-refractivity contribution in [3.05, 3.63) is 17.5 Å². The zero-order valence-corrected chi connectivity index (χ0v) is 11.9. The van der Waals surface area contributed by atoms with Gasteiger partial charge in [-0.05, 0) is 20.9 Å². The molecule has 6 heteroatoms. The standard InChI is InChI=1S/C13H20N4O2/c1-5-19-13(18)11-8-15-17(4)12(11)9-16(3)10(2)6-7-14/h8,10H,5-6,9H2,1-4H3. The highest BCUT2D eigenvalue weighted by Crippen LogP contribution is 2.14. The minimum atomic E-state index is -0.355. The summed E-state index contributed by atoms with van der Waals surface area (Å²) in [4.78, 5) is 13.8. The number of hydrogen-bond acceptors (Lipinski definition) is 5. The maximum Gasteiger partial charge on any atom is 0.341 e. The summed E-state index contributed by atoms with van der Waals surface area (Å²) in [6.45, 7) is 4.64. The Morgan fingerprint density at radius 3 is 2.95 bits per heavy atom. The van der Waals surface area contributed by atoms with Crippen molar-refractivity contribution in [3.63, 3.8) is 0 Å². The second-order valence-electron chi connectivity index (χ2n) is 4.48. The fraction of sp³-hybridized carbons (Fsp3) is 0.615. The normalized spacial score (nSPS) is 12.2. The Balaban J connectivity index is 2.86. The fourth-order valence-electron chi connectivity index (χ4n) is 1.71. The van der Waals surface area contributed by atoms with Gasteiger partial charge in [0.2, 0.25) is 0 Å². The van der Waals surface area contributed by atoms with E-state index < -0.39 is 0 Å². The molecule has 0 aliphatic heterocycles. The smallest absolute Gasteiger partial charge is 0.341 e. The van der Waals surface area contributed by atoms with E-state index in [4.69, 9.17) is 10.00 Å². The van der Waals surface area contributed by atoms with E-state index in [9.17, 15) is 4.79 Å². The second-order valence-corrected chi connectivity index (χ2v) is 4.48. The first kappa shape index (κ1) is 15.2. The molecule has 0 spiro atoms. The van der Waals surface area contributed by atoms with Gasteiger partial charge in [0.05, 0.1) is 31.0 Å². The molecule has 0 radical (unpaired) electrons. The van der Waals surface area contributed by atoms with Gasteiger partial charge < -0.3 is 4.74 Å². The molecule has 0 aliphatic rings. The molecular formula is C13H20N4O2. The first-order chi connectivity index (χ1) is 9.01. The molecule has 0 amide bonds. The number of ether oxygens (including phenoxy) is 1. The van der Waals surface area contributed by atoms with E-state index >= 15 is 0 Å². The fourth-order valence-corrected chi connectivity index (χ4v) is 1.71. The van der Waals surface area contributed by atoms with Gasteiger partial charge in [-0.15, -0.1) is 0 Å². The summed E-state index contributed by atoms with van der Waals surface area (Å²) in [6, 6.07) is 2.26. The quantitative estimate of drug-likeness (QED) is 0.725. The first-order valence-corrected chi connectivity index (χ1v) is 6.26. The van der Waals surface area contributed by atoms with E-state index in [0.29, 0.717) is 25.1 Å². The van der Waals surface area contributed by atoms with Crippen molar-refractivity contribution in [1.82, 2.24) is 14.7 Å². The molecule has 1 unspecified atom stereocenters. The molecule has 0 bridgehead atoms. The maximum atomic E-state index is 11.8. The van der Waals surface area contributed by atoms with Crippen molar-refractivity contribution < 1.29 is 9.53 Å². The minimum absolute atomic E-state index is 0.120. The first-order valence-electron chi connectivity index (χ1n) is 6.26. The molecule has 0 N–H and O–H groups in total. The van der Waals surface area contributed by atoms with E-state index in [-0.39, 0.29) is 12.0 Å². The zero-order valence-electron chi connectivity index (χ0n) is 11.9. The Morgan fingerprint density at radius 2 is 2.37 bits per heavy atom. The highest BCUT2D eigenvalue weighted by molar-refractivity contribution is 5.90. The summed E-state index contributed by atoms with van der Waals surface area (Å²) < 4.78 is 6.68. The third kappa shape index (κ3) is 3.80. The molecule has 0 fully saturated rings. The average molecular weight is 264 g/mol. The highest BCUT2D eigenvalue weighted by atomic mass is 16.5. The van der Waals surface area contributed by atoms with Crippen molar-refractivity contribution in [2.75, 3.05) is 13.7 Å². The Labute approximate surface area is 113 Å². The lowest BCUT2D eigenvalue weighted by Gasteiger charge is -2.22. The van der Waals surface area contributed by atoms with Crippen LogP contribution in [-0.2, 0) is 18.3 Å².